The van der Waals surface area contributed by atoms with Crippen LogP contribution in [0.25, 0.3) is 0 Å². The topological polar surface area (TPSA) is 137 Å². The van der Waals surface area contributed by atoms with Gasteiger partial charge in [-0.2, -0.15) is 0 Å². The third-order valence-corrected chi connectivity index (χ3v) is 6.17. The number of esters is 1. The van der Waals surface area contributed by atoms with Crippen LogP contribution in [0, 0.1) is 0 Å². The first-order valence-corrected chi connectivity index (χ1v) is 9.95. The fourth-order valence-corrected chi connectivity index (χ4v) is 4.81. The lowest BCUT2D eigenvalue weighted by atomic mass is 9.99. The first kappa shape index (κ1) is 20.2. The molecule has 2 aliphatic heterocycles. The number of hydrogen-bond acceptors (Lipinski definition) is 9. The van der Waals surface area contributed by atoms with Crippen LogP contribution in [0.1, 0.15) is 4.88 Å². The van der Waals surface area contributed by atoms with Gasteiger partial charge in [0.1, 0.15) is 11.1 Å². The molecule has 1 aromatic heterocycles. The number of thiophene rings is 1. The Labute approximate surface area is 168 Å². The number of fused-ring (bicyclic) bond motifs is 1. The SMILES string of the molecule is COC1(NC(=O)Cc2cccs2)C(=O)N2C(C(=O)OCOC(N)=O)=CCSC21. The van der Waals surface area contributed by atoms with Gasteiger partial charge in [0.15, 0.2) is 0 Å². The van der Waals surface area contributed by atoms with Gasteiger partial charge in [-0.05, 0) is 17.5 Å². The summed E-state index contributed by atoms with van der Waals surface area (Å²) in [6.45, 7) is -0.668. The Morgan fingerprint density at radius 3 is 2.82 bits per heavy atom. The monoisotopic (exact) mass is 427 g/mol. The molecule has 3 amide bonds. The van der Waals surface area contributed by atoms with Gasteiger partial charge in [-0.15, -0.1) is 23.1 Å². The Morgan fingerprint density at radius 2 is 2.18 bits per heavy atom. The zero-order valence-corrected chi connectivity index (χ0v) is 16.3. The lowest BCUT2D eigenvalue weighted by Gasteiger charge is -2.55. The number of primary amides is 1. The number of hydrogen-bond donors (Lipinski definition) is 2. The second-order valence-electron chi connectivity index (χ2n) is 5.71. The minimum absolute atomic E-state index is 0.0120. The molecule has 3 N–H and O–H groups in total. The number of methoxy groups -OCH3 is 1. The van der Waals surface area contributed by atoms with Crippen LogP contribution in [-0.4, -0.2) is 59.5 Å². The summed E-state index contributed by atoms with van der Waals surface area (Å²) in [5.74, 6) is -1.42. The number of carbonyl (C=O) groups excluding carboxylic acids is 4. The van der Waals surface area contributed by atoms with E-state index < -0.39 is 35.9 Å². The van der Waals surface area contributed by atoms with Crippen molar-refractivity contribution in [2.45, 2.75) is 17.5 Å². The standard InChI is InChI=1S/C16H17N3O7S2/c1-24-16(18-11(20)7-9-3-2-5-27-9)13(22)19-10(4-6-28-14(16)19)12(21)25-8-26-15(17)23/h2-5,14H,6-8H2,1H3,(H2,17,23)(H,18,20). The number of ether oxygens (including phenoxy) is 3. The first-order valence-electron chi connectivity index (χ1n) is 8.02. The zero-order chi connectivity index (χ0) is 20.3. The van der Waals surface area contributed by atoms with Crippen molar-refractivity contribution >= 4 is 47.0 Å². The van der Waals surface area contributed by atoms with Crippen molar-refractivity contribution in [1.82, 2.24) is 10.2 Å². The van der Waals surface area contributed by atoms with Crippen LogP contribution in [0.2, 0.25) is 0 Å². The molecular weight excluding hydrogens is 410 g/mol. The molecule has 1 saturated heterocycles. The number of nitrogens with two attached hydrogens (primary N) is 1. The Balaban J connectivity index is 1.68. The summed E-state index contributed by atoms with van der Waals surface area (Å²) in [6, 6.07) is 3.65. The molecule has 28 heavy (non-hydrogen) atoms. The highest BCUT2D eigenvalue weighted by atomic mass is 32.2. The fraction of sp³-hybridized carbons (Fsp3) is 0.375. The summed E-state index contributed by atoms with van der Waals surface area (Å²) in [4.78, 5) is 50.0. The van der Waals surface area contributed by atoms with Gasteiger partial charge in [0, 0.05) is 17.7 Å². The highest BCUT2D eigenvalue weighted by Crippen LogP contribution is 2.44. The Bertz CT molecular complexity index is 826. The Kier molecular flexibility index (Phi) is 5.91. The van der Waals surface area contributed by atoms with Gasteiger partial charge in [0.2, 0.25) is 12.7 Å². The van der Waals surface area contributed by atoms with Crippen molar-refractivity contribution < 1.29 is 33.4 Å². The van der Waals surface area contributed by atoms with Gasteiger partial charge < -0.3 is 25.3 Å². The van der Waals surface area contributed by atoms with Crippen molar-refractivity contribution in [3.05, 3.63) is 34.2 Å². The van der Waals surface area contributed by atoms with E-state index in [0.29, 0.717) is 5.75 Å². The summed E-state index contributed by atoms with van der Waals surface area (Å²) in [5.41, 5.74) is 3.22. The number of carbonyl (C=O) groups is 4. The van der Waals surface area contributed by atoms with Crippen molar-refractivity contribution in [3.8, 4) is 0 Å². The molecular formula is C16H17N3O7S2. The quantitative estimate of drug-likeness (QED) is 0.356. The molecule has 2 atom stereocenters. The summed E-state index contributed by atoms with van der Waals surface area (Å²) < 4.78 is 14.5. The predicted molar refractivity (Wildman–Crippen MR) is 98.7 cm³/mol. The van der Waals surface area contributed by atoms with E-state index in [2.05, 4.69) is 10.1 Å². The molecule has 0 saturated carbocycles. The maximum absolute atomic E-state index is 12.8. The van der Waals surface area contributed by atoms with Crippen LogP contribution in [-0.2, 0) is 35.0 Å². The maximum Gasteiger partial charge on any atom is 0.407 e. The second-order valence-corrected chi connectivity index (χ2v) is 7.85. The van der Waals surface area contributed by atoms with Gasteiger partial charge in [-0.1, -0.05) is 6.07 Å². The maximum atomic E-state index is 12.8. The molecule has 3 rings (SSSR count). The minimum atomic E-state index is -1.57. The molecule has 0 spiro atoms. The van der Waals surface area contributed by atoms with E-state index in [9.17, 15) is 19.2 Å². The van der Waals surface area contributed by atoms with E-state index in [1.165, 1.54) is 41.2 Å². The summed E-state index contributed by atoms with van der Waals surface area (Å²) in [6.07, 6.45) is 0.534. The van der Waals surface area contributed by atoms with E-state index in [4.69, 9.17) is 15.2 Å². The average molecular weight is 427 g/mol. The molecule has 10 nitrogen and oxygen atoms in total. The summed E-state index contributed by atoms with van der Waals surface area (Å²) >= 11 is 2.76. The molecule has 1 aromatic rings. The van der Waals surface area contributed by atoms with Gasteiger partial charge in [-0.3, -0.25) is 14.5 Å². The molecule has 0 aromatic carbocycles. The van der Waals surface area contributed by atoms with Crippen LogP contribution >= 0.6 is 23.1 Å². The fourth-order valence-electron chi connectivity index (χ4n) is 2.82. The number of β-lactam (4-membered cyclic amide) rings is 1. The molecule has 3 heterocycles. The van der Waals surface area contributed by atoms with Gasteiger partial charge >= 0.3 is 12.1 Å². The van der Waals surface area contributed by atoms with Crippen LogP contribution < -0.4 is 11.1 Å². The Hall–Kier alpha value is -2.57. The lowest BCUT2D eigenvalue weighted by molar-refractivity contribution is -0.193. The molecule has 2 aliphatic rings. The Morgan fingerprint density at radius 1 is 1.39 bits per heavy atom. The number of amides is 3. The summed E-state index contributed by atoms with van der Waals surface area (Å²) in [7, 11) is 1.32. The molecule has 0 radical (unpaired) electrons. The van der Waals surface area contributed by atoms with E-state index in [1.807, 2.05) is 17.5 Å². The van der Waals surface area contributed by atoms with Crippen LogP contribution in [0.4, 0.5) is 4.79 Å². The van der Waals surface area contributed by atoms with Gasteiger partial charge in [0.25, 0.3) is 11.6 Å². The largest absolute Gasteiger partial charge is 0.423 e. The van der Waals surface area contributed by atoms with Crippen LogP contribution in [0.3, 0.4) is 0 Å². The lowest BCUT2D eigenvalue weighted by Crippen LogP contribution is -2.80. The number of nitrogens with one attached hydrogen (secondary N) is 1. The third kappa shape index (κ3) is 3.70. The van der Waals surface area contributed by atoms with Crippen LogP contribution in [0.15, 0.2) is 29.3 Å². The van der Waals surface area contributed by atoms with Crippen LogP contribution in [0.5, 0.6) is 0 Å². The normalized spacial score (nSPS) is 23.2. The second kappa shape index (κ2) is 8.20. The summed E-state index contributed by atoms with van der Waals surface area (Å²) in [5, 5.41) is 3.87. The molecule has 1 fully saturated rings. The molecule has 12 heteroatoms. The molecule has 0 bridgehead atoms. The highest BCUT2D eigenvalue weighted by Gasteiger charge is 2.66. The van der Waals surface area contributed by atoms with E-state index >= 15 is 0 Å². The van der Waals surface area contributed by atoms with Gasteiger partial charge in [-0.25, -0.2) is 9.59 Å². The van der Waals surface area contributed by atoms with Crippen molar-refractivity contribution in [1.29, 1.82) is 0 Å². The smallest absolute Gasteiger partial charge is 0.407 e. The zero-order valence-electron chi connectivity index (χ0n) is 14.7. The average Bonchev–Trinajstić information content (AvgIpc) is 3.17. The first-order chi connectivity index (χ1) is 13.4. The predicted octanol–water partition coefficient (Wildman–Crippen LogP) is 0.144. The van der Waals surface area contributed by atoms with Crippen molar-refractivity contribution in [3.63, 3.8) is 0 Å². The van der Waals surface area contributed by atoms with Crippen molar-refractivity contribution in [2.75, 3.05) is 19.7 Å². The molecule has 2 unspecified atom stereocenters. The third-order valence-electron chi connectivity index (χ3n) is 4.07. The van der Waals surface area contributed by atoms with E-state index in [1.54, 1.807) is 0 Å². The van der Waals surface area contributed by atoms with E-state index in [0.717, 1.165) is 4.88 Å². The minimum Gasteiger partial charge on any atom is -0.423 e. The number of nitrogens with zero attached hydrogens (tertiary/aromatic N) is 1. The number of rotatable bonds is 7. The highest BCUT2D eigenvalue weighted by molar-refractivity contribution is 8.00. The van der Waals surface area contributed by atoms with Gasteiger partial charge in [0.05, 0.1) is 6.42 Å². The molecule has 150 valence electrons. The van der Waals surface area contributed by atoms with Crippen molar-refractivity contribution in [2.24, 2.45) is 5.73 Å². The number of thioether (sulfide) groups is 1. The molecule has 0 aliphatic carbocycles. The van der Waals surface area contributed by atoms with E-state index in [-0.39, 0.29) is 18.0 Å².